The second-order valence-electron chi connectivity index (χ2n) is 10.4. The molecule has 0 aromatic carbocycles. The van der Waals surface area contributed by atoms with Crippen LogP contribution in [0.2, 0.25) is 0 Å². The molecule has 1 unspecified atom stereocenters. The summed E-state index contributed by atoms with van der Waals surface area (Å²) < 4.78 is 10.9. The first-order valence-corrected chi connectivity index (χ1v) is 13.7. The van der Waals surface area contributed by atoms with Crippen LogP contribution in [0.5, 0.6) is 0 Å². The lowest BCUT2D eigenvalue weighted by molar-refractivity contribution is -0.165. The minimum atomic E-state index is -0.467. The third-order valence-corrected chi connectivity index (χ3v) is 8.66. The lowest BCUT2D eigenvalue weighted by Crippen LogP contribution is -2.52. The van der Waals surface area contributed by atoms with E-state index >= 15 is 0 Å². The number of likely N-dealkylation sites (tertiary alicyclic amines) is 1. The van der Waals surface area contributed by atoms with E-state index in [1.165, 1.54) is 18.4 Å². The van der Waals surface area contributed by atoms with Crippen molar-refractivity contribution in [1.29, 1.82) is 0 Å². The molecule has 8 nitrogen and oxygen atoms in total. The van der Waals surface area contributed by atoms with Gasteiger partial charge in [0, 0.05) is 30.2 Å². The molecule has 1 aromatic heterocycles. The predicted molar refractivity (Wildman–Crippen MR) is 135 cm³/mol. The first kappa shape index (κ1) is 27.7. The van der Waals surface area contributed by atoms with Gasteiger partial charge in [-0.3, -0.25) is 14.5 Å². The molecule has 1 amide bonds. The molecule has 0 aliphatic carbocycles. The third-order valence-electron chi connectivity index (χ3n) is 7.73. The normalized spacial score (nSPS) is 25.3. The summed E-state index contributed by atoms with van der Waals surface area (Å²) in [4.78, 5) is 47.4. The molecule has 35 heavy (non-hydrogen) atoms. The van der Waals surface area contributed by atoms with Gasteiger partial charge in [-0.1, -0.05) is 40.5 Å². The molecule has 2 aliphatic rings. The van der Waals surface area contributed by atoms with Gasteiger partial charge in [-0.25, -0.2) is 9.78 Å². The molecular formula is C26H41N3O5S. The molecule has 0 spiro atoms. The Kier molecular flexibility index (Phi) is 9.84. The van der Waals surface area contributed by atoms with Crippen LogP contribution in [-0.2, 0) is 19.1 Å². The molecule has 2 fully saturated rings. The maximum absolute atomic E-state index is 13.9. The molecule has 9 heteroatoms. The number of rotatable bonds is 9. The Balaban J connectivity index is 1.75. The Labute approximate surface area is 213 Å². The van der Waals surface area contributed by atoms with Gasteiger partial charge in [0.25, 0.3) is 0 Å². The molecule has 0 radical (unpaired) electrons. The summed E-state index contributed by atoms with van der Waals surface area (Å²) in [5.41, 5.74) is 0.277. The number of ketones is 1. The first-order chi connectivity index (χ1) is 16.7. The van der Waals surface area contributed by atoms with Gasteiger partial charge in [0.2, 0.25) is 5.91 Å². The van der Waals surface area contributed by atoms with Crippen LogP contribution in [0.4, 0.5) is 0 Å². The number of hydrogen-bond acceptors (Lipinski definition) is 8. The Morgan fingerprint density at radius 2 is 2.00 bits per heavy atom. The minimum Gasteiger partial charge on any atom is -0.464 e. The third kappa shape index (κ3) is 6.49. The van der Waals surface area contributed by atoms with Crippen molar-refractivity contribution >= 4 is 29.0 Å². The van der Waals surface area contributed by atoms with Gasteiger partial charge < -0.3 is 14.4 Å². The fourth-order valence-corrected chi connectivity index (χ4v) is 6.06. The van der Waals surface area contributed by atoms with E-state index in [2.05, 4.69) is 37.6 Å². The fourth-order valence-electron chi connectivity index (χ4n) is 5.21. The zero-order chi connectivity index (χ0) is 25.7. The summed E-state index contributed by atoms with van der Waals surface area (Å²) in [5.74, 6) is -0.311. The zero-order valence-corrected chi connectivity index (χ0v) is 22.8. The van der Waals surface area contributed by atoms with Crippen LogP contribution in [0.15, 0.2) is 5.38 Å². The van der Waals surface area contributed by atoms with E-state index in [4.69, 9.17) is 9.47 Å². The number of Topliss-reactive ketones (excluding diaryl/α,β-unsaturated/α-hetero) is 1. The highest BCUT2D eigenvalue weighted by atomic mass is 32.1. The number of carbonyl (C=O) groups excluding carboxylic acids is 3. The summed E-state index contributed by atoms with van der Waals surface area (Å²) in [7, 11) is 3.35. The predicted octanol–water partition coefficient (Wildman–Crippen LogP) is 4.31. The van der Waals surface area contributed by atoms with Crippen molar-refractivity contribution in [3.8, 4) is 0 Å². The largest absolute Gasteiger partial charge is 0.464 e. The molecule has 3 heterocycles. The van der Waals surface area contributed by atoms with Gasteiger partial charge >= 0.3 is 5.97 Å². The molecule has 196 valence electrons. The Morgan fingerprint density at radius 1 is 1.26 bits per heavy atom. The second kappa shape index (κ2) is 12.4. The van der Waals surface area contributed by atoms with Crippen LogP contribution in [0.3, 0.4) is 0 Å². The molecule has 0 saturated carbocycles. The van der Waals surface area contributed by atoms with E-state index in [1.807, 2.05) is 11.9 Å². The van der Waals surface area contributed by atoms with E-state index < -0.39 is 5.97 Å². The summed E-state index contributed by atoms with van der Waals surface area (Å²) in [5, 5.41) is 2.40. The number of hydrogen-bond donors (Lipinski definition) is 0. The van der Waals surface area contributed by atoms with Crippen molar-refractivity contribution in [1.82, 2.24) is 14.8 Å². The molecule has 2 saturated heterocycles. The molecular weight excluding hydrogens is 466 g/mol. The van der Waals surface area contributed by atoms with Gasteiger partial charge in [-0.05, 0) is 38.3 Å². The Morgan fingerprint density at radius 3 is 2.63 bits per heavy atom. The number of likely N-dealkylation sites (N-methyl/N-ethyl adjacent to an activating group) is 1. The number of piperidine rings is 1. The topological polar surface area (TPSA) is 89.0 Å². The number of aromatic nitrogens is 1. The van der Waals surface area contributed by atoms with Crippen molar-refractivity contribution in [3.63, 3.8) is 0 Å². The average Bonchev–Trinajstić information content (AvgIpc) is 3.36. The standard InChI is InChI=1S/C26H41N3O5S/c1-7-17(4)18(12-22(30)20-10-8-9-11-28(20)5)25(31)29-15-34-23(13-21(29)16(2)3)24-27-19(14-35-24)26(32)33-6/h14,16-18,20-21,23H,7-13,15H2,1-6H3/t17-,18-,20?,21+,23+/m0/s1. The monoisotopic (exact) mass is 507 g/mol. The average molecular weight is 508 g/mol. The van der Waals surface area contributed by atoms with Gasteiger partial charge in [0.1, 0.15) is 17.8 Å². The number of carbonyl (C=O) groups is 3. The van der Waals surface area contributed by atoms with Crippen LogP contribution in [0, 0.1) is 17.8 Å². The van der Waals surface area contributed by atoms with Crippen molar-refractivity contribution < 1.29 is 23.9 Å². The van der Waals surface area contributed by atoms with Crippen LogP contribution >= 0.6 is 11.3 Å². The number of thiazole rings is 1. The van der Waals surface area contributed by atoms with E-state index in [1.54, 1.807) is 5.38 Å². The molecule has 2 aliphatic heterocycles. The first-order valence-electron chi connectivity index (χ1n) is 12.9. The number of ether oxygens (including phenoxy) is 2. The zero-order valence-electron chi connectivity index (χ0n) is 22.0. The summed E-state index contributed by atoms with van der Waals surface area (Å²) in [6.07, 6.45) is 4.50. The lowest BCUT2D eigenvalue weighted by atomic mass is 9.82. The summed E-state index contributed by atoms with van der Waals surface area (Å²) >= 11 is 1.37. The van der Waals surface area contributed by atoms with E-state index in [0.717, 1.165) is 37.2 Å². The van der Waals surface area contributed by atoms with Crippen LogP contribution in [0.25, 0.3) is 0 Å². The molecule has 3 rings (SSSR count). The maximum atomic E-state index is 13.9. The molecule has 0 bridgehead atoms. The highest BCUT2D eigenvalue weighted by Crippen LogP contribution is 2.36. The number of nitrogens with zero attached hydrogens (tertiary/aromatic N) is 3. The second-order valence-corrected chi connectivity index (χ2v) is 11.2. The van der Waals surface area contributed by atoms with Gasteiger partial charge in [0.05, 0.1) is 13.2 Å². The number of methoxy groups -OCH3 is 1. The highest BCUT2D eigenvalue weighted by molar-refractivity contribution is 7.09. The molecule has 5 atom stereocenters. The van der Waals surface area contributed by atoms with Crippen molar-refractivity contribution in [2.45, 2.75) is 84.4 Å². The van der Waals surface area contributed by atoms with Crippen molar-refractivity contribution in [2.75, 3.05) is 27.4 Å². The summed E-state index contributed by atoms with van der Waals surface area (Å²) in [6, 6.07) is -0.120. The van der Waals surface area contributed by atoms with Crippen LogP contribution in [-0.4, -0.2) is 72.0 Å². The minimum absolute atomic E-state index is 0.0118. The maximum Gasteiger partial charge on any atom is 0.357 e. The van der Waals surface area contributed by atoms with Crippen LogP contribution < -0.4 is 0 Å². The number of esters is 1. The lowest BCUT2D eigenvalue weighted by Gasteiger charge is -2.43. The quantitative estimate of drug-likeness (QED) is 0.460. The fraction of sp³-hybridized carbons (Fsp3) is 0.769. The Bertz CT molecular complexity index is 888. The highest BCUT2D eigenvalue weighted by Gasteiger charge is 2.41. The smallest absolute Gasteiger partial charge is 0.357 e. The Hall–Kier alpha value is -1.84. The molecule has 1 aromatic rings. The number of amides is 1. The van der Waals surface area contributed by atoms with Crippen LogP contribution in [0.1, 0.15) is 87.8 Å². The molecule has 0 N–H and O–H groups in total. The summed E-state index contributed by atoms with van der Waals surface area (Å²) in [6.45, 7) is 9.45. The SMILES string of the molecule is CC[C@H](C)[C@H](CC(=O)C1CCCCN1C)C(=O)N1CO[C@@H](c2nc(C(=O)OC)cs2)C[C@@H]1C(C)C. The van der Waals surface area contributed by atoms with Gasteiger partial charge in [-0.2, -0.15) is 0 Å². The van der Waals surface area contributed by atoms with E-state index in [9.17, 15) is 14.4 Å². The van der Waals surface area contributed by atoms with Crippen molar-refractivity contribution in [2.24, 2.45) is 17.8 Å². The van der Waals surface area contributed by atoms with Crippen molar-refractivity contribution in [3.05, 3.63) is 16.1 Å². The van der Waals surface area contributed by atoms with E-state index in [0.29, 0.717) is 6.42 Å². The van der Waals surface area contributed by atoms with Gasteiger partial charge in [0.15, 0.2) is 11.5 Å². The van der Waals surface area contributed by atoms with Gasteiger partial charge in [-0.15, -0.1) is 11.3 Å². The van der Waals surface area contributed by atoms with E-state index in [-0.39, 0.29) is 66.5 Å².